The summed E-state index contributed by atoms with van der Waals surface area (Å²) in [6.45, 7) is 12.7. The number of rotatable bonds is 8. The Balaban J connectivity index is 2.79. The fraction of sp³-hybridized carbons (Fsp3) is 0.750. The summed E-state index contributed by atoms with van der Waals surface area (Å²) in [4.78, 5) is 0. The normalized spacial score (nSPS) is 15.4. The molecule has 0 fully saturated rings. The minimum atomic E-state index is 0.116. The van der Waals surface area contributed by atoms with Crippen LogP contribution in [0, 0.1) is 5.41 Å². The van der Waals surface area contributed by atoms with Crippen molar-refractivity contribution in [1.29, 1.82) is 0 Å². The molecule has 19 heavy (non-hydrogen) atoms. The first kappa shape index (κ1) is 16.3. The van der Waals surface area contributed by atoms with Gasteiger partial charge in [-0.15, -0.1) is 0 Å². The number of hydrogen-bond acceptors (Lipinski definition) is 3. The molecular formula is C16H29NO2. The van der Waals surface area contributed by atoms with Gasteiger partial charge in [-0.1, -0.05) is 27.7 Å². The summed E-state index contributed by atoms with van der Waals surface area (Å²) >= 11 is 0. The molecule has 0 radical (unpaired) electrons. The van der Waals surface area contributed by atoms with Crippen LogP contribution in [-0.2, 0) is 11.2 Å². The Hall–Kier alpha value is -0.800. The summed E-state index contributed by atoms with van der Waals surface area (Å²) in [6, 6.07) is 2.35. The molecule has 1 N–H and O–H groups in total. The van der Waals surface area contributed by atoms with E-state index in [1.54, 1.807) is 6.26 Å². The van der Waals surface area contributed by atoms with Crippen LogP contribution in [-0.4, -0.2) is 25.3 Å². The molecule has 0 aromatic carbocycles. The summed E-state index contributed by atoms with van der Waals surface area (Å²) in [6.07, 6.45) is 5.83. The Morgan fingerprint density at radius 2 is 2.05 bits per heavy atom. The van der Waals surface area contributed by atoms with Crippen molar-refractivity contribution in [1.82, 2.24) is 5.32 Å². The van der Waals surface area contributed by atoms with Crippen LogP contribution in [0.1, 0.15) is 46.6 Å². The molecule has 0 aliphatic heterocycles. The average molecular weight is 267 g/mol. The fourth-order valence-electron chi connectivity index (χ4n) is 2.43. The highest BCUT2D eigenvalue weighted by molar-refractivity contribution is 5.09. The zero-order valence-electron chi connectivity index (χ0n) is 13.0. The minimum absolute atomic E-state index is 0.116. The molecule has 3 heteroatoms. The van der Waals surface area contributed by atoms with Crippen LogP contribution in [0.2, 0.25) is 0 Å². The molecule has 1 rings (SSSR count). The molecule has 0 aliphatic rings. The molecule has 0 amide bonds. The average Bonchev–Trinajstić information content (AvgIpc) is 2.83. The van der Waals surface area contributed by atoms with E-state index in [2.05, 4.69) is 39.9 Å². The highest BCUT2D eigenvalue weighted by Crippen LogP contribution is 2.27. The summed E-state index contributed by atoms with van der Waals surface area (Å²) < 4.78 is 11.2. The predicted octanol–water partition coefficient (Wildman–Crippen LogP) is 3.64. The largest absolute Gasteiger partial charge is 0.472 e. The molecule has 1 aromatic rings. The highest BCUT2D eigenvalue weighted by atomic mass is 16.5. The fourth-order valence-corrected chi connectivity index (χ4v) is 2.43. The number of ether oxygens (including phenoxy) is 1. The Kier molecular flexibility index (Phi) is 6.59. The summed E-state index contributed by atoms with van der Waals surface area (Å²) in [5.74, 6) is 0. The van der Waals surface area contributed by atoms with Crippen molar-refractivity contribution in [3.8, 4) is 0 Å². The molecule has 0 saturated heterocycles. The van der Waals surface area contributed by atoms with E-state index < -0.39 is 0 Å². The quantitative estimate of drug-likeness (QED) is 0.781. The molecule has 1 heterocycles. The third kappa shape index (κ3) is 5.37. The third-order valence-corrected chi connectivity index (χ3v) is 3.26. The highest BCUT2D eigenvalue weighted by Gasteiger charge is 2.32. The van der Waals surface area contributed by atoms with E-state index in [0.717, 1.165) is 26.0 Å². The van der Waals surface area contributed by atoms with Gasteiger partial charge in [-0.2, -0.15) is 0 Å². The van der Waals surface area contributed by atoms with E-state index in [4.69, 9.17) is 9.15 Å². The second-order valence-electron chi connectivity index (χ2n) is 6.14. The van der Waals surface area contributed by atoms with Gasteiger partial charge in [0.1, 0.15) is 0 Å². The van der Waals surface area contributed by atoms with Crippen LogP contribution in [0.15, 0.2) is 23.0 Å². The van der Waals surface area contributed by atoms with Crippen LogP contribution in [0.5, 0.6) is 0 Å². The standard InChI is InChI=1S/C16H29NO2/c1-6-9-17-14(11-13-8-10-18-12-13)15(19-7-2)16(3,4)5/h8,10,12,14-15,17H,6-7,9,11H2,1-5H3. The van der Waals surface area contributed by atoms with E-state index in [9.17, 15) is 0 Å². The number of hydrogen-bond donors (Lipinski definition) is 1. The zero-order chi connectivity index (χ0) is 14.3. The number of nitrogens with one attached hydrogen (secondary N) is 1. The lowest BCUT2D eigenvalue weighted by Gasteiger charge is -2.37. The van der Waals surface area contributed by atoms with Gasteiger partial charge in [-0.3, -0.25) is 0 Å². The van der Waals surface area contributed by atoms with Gasteiger partial charge in [0.15, 0.2) is 0 Å². The Morgan fingerprint density at radius 3 is 2.53 bits per heavy atom. The SMILES string of the molecule is CCCNC(Cc1ccoc1)C(OCC)C(C)(C)C. The van der Waals surface area contributed by atoms with Crippen molar-refractivity contribution in [2.75, 3.05) is 13.2 Å². The van der Waals surface area contributed by atoms with Crippen LogP contribution in [0.25, 0.3) is 0 Å². The van der Waals surface area contributed by atoms with Crippen LogP contribution >= 0.6 is 0 Å². The van der Waals surface area contributed by atoms with Crippen molar-refractivity contribution >= 4 is 0 Å². The van der Waals surface area contributed by atoms with Crippen molar-refractivity contribution in [2.45, 2.75) is 59.6 Å². The molecule has 0 spiro atoms. The second-order valence-corrected chi connectivity index (χ2v) is 6.14. The van der Waals surface area contributed by atoms with Crippen molar-refractivity contribution < 1.29 is 9.15 Å². The lowest BCUT2D eigenvalue weighted by molar-refractivity contribution is -0.0355. The van der Waals surface area contributed by atoms with Crippen molar-refractivity contribution in [2.24, 2.45) is 5.41 Å². The van der Waals surface area contributed by atoms with Gasteiger partial charge in [0.05, 0.1) is 18.6 Å². The first-order valence-corrected chi connectivity index (χ1v) is 7.35. The van der Waals surface area contributed by atoms with E-state index in [0.29, 0.717) is 6.04 Å². The molecule has 0 bridgehead atoms. The molecule has 1 aromatic heterocycles. The van der Waals surface area contributed by atoms with E-state index in [1.807, 2.05) is 12.3 Å². The molecule has 0 aliphatic carbocycles. The monoisotopic (exact) mass is 267 g/mol. The van der Waals surface area contributed by atoms with E-state index >= 15 is 0 Å². The lowest BCUT2D eigenvalue weighted by atomic mass is 9.82. The molecule has 2 unspecified atom stereocenters. The summed E-state index contributed by atoms with van der Waals surface area (Å²) in [5.41, 5.74) is 1.34. The predicted molar refractivity (Wildman–Crippen MR) is 79.4 cm³/mol. The topological polar surface area (TPSA) is 34.4 Å². The van der Waals surface area contributed by atoms with Gasteiger partial charge in [0.2, 0.25) is 0 Å². The van der Waals surface area contributed by atoms with Gasteiger partial charge >= 0.3 is 0 Å². The van der Waals surface area contributed by atoms with Crippen molar-refractivity contribution in [3.63, 3.8) is 0 Å². The lowest BCUT2D eigenvalue weighted by Crippen LogP contribution is -2.49. The maximum Gasteiger partial charge on any atom is 0.0935 e. The van der Waals surface area contributed by atoms with Gasteiger partial charge < -0.3 is 14.5 Å². The third-order valence-electron chi connectivity index (χ3n) is 3.26. The van der Waals surface area contributed by atoms with Crippen LogP contribution < -0.4 is 5.32 Å². The molecule has 2 atom stereocenters. The van der Waals surface area contributed by atoms with E-state index in [-0.39, 0.29) is 11.5 Å². The Labute approximate surface area is 117 Å². The van der Waals surface area contributed by atoms with Gasteiger partial charge in [-0.25, -0.2) is 0 Å². The van der Waals surface area contributed by atoms with Gasteiger partial charge in [0, 0.05) is 12.6 Å². The zero-order valence-corrected chi connectivity index (χ0v) is 13.0. The van der Waals surface area contributed by atoms with E-state index in [1.165, 1.54) is 5.56 Å². The van der Waals surface area contributed by atoms with Gasteiger partial charge in [-0.05, 0) is 43.4 Å². The minimum Gasteiger partial charge on any atom is -0.472 e. The second kappa shape index (κ2) is 7.71. The van der Waals surface area contributed by atoms with Crippen LogP contribution in [0.4, 0.5) is 0 Å². The Morgan fingerprint density at radius 1 is 1.32 bits per heavy atom. The van der Waals surface area contributed by atoms with Gasteiger partial charge in [0.25, 0.3) is 0 Å². The molecule has 3 nitrogen and oxygen atoms in total. The first-order chi connectivity index (χ1) is 8.99. The maximum atomic E-state index is 6.02. The summed E-state index contributed by atoms with van der Waals surface area (Å²) in [7, 11) is 0. The first-order valence-electron chi connectivity index (χ1n) is 7.35. The smallest absolute Gasteiger partial charge is 0.0935 e. The molecular weight excluding hydrogens is 238 g/mol. The van der Waals surface area contributed by atoms with Crippen molar-refractivity contribution in [3.05, 3.63) is 24.2 Å². The molecule has 110 valence electrons. The summed E-state index contributed by atoms with van der Waals surface area (Å²) in [5, 5.41) is 3.63. The van der Waals surface area contributed by atoms with Crippen LogP contribution in [0.3, 0.4) is 0 Å². The number of furan rings is 1. The maximum absolute atomic E-state index is 6.02. The molecule has 0 saturated carbocycles. The Bertz CT molecular complexity index is 327.